The lowest BCUT2D eigenvalue weighted by molar-refractivity contribution is 0.0612. The number of benzene rings is 2. The van der Waals surface area contributed by atoms with Gasteiger partial charge in [0.2, 0.25) is 0 Å². The topological polar surface area (TPSA) is 40.5 Å². The molecule has 0 aliphatic carbocycles. The zero-order valence-electron chi connectivity index (χ0n) is 11.7. The van der Waals surface area contributed by atoms with Gasteiger partial charge < -0.3 is 10.2 Å². The zero-order valence-corrected chi connectivity index (χ0v) is 11.7. The van der Waals surface area contributed by atoms with Crippen molar-refractivity contribution in [2.45, 2.75) is 25.4 Å². The molecule has 2 rings (SSSR count). The van der Waals surface area contributed by atoms with Crippen molar-refractivity contribution in [2.24, 2.45) is 5.92 Å². The van der Waals surface area contributed by atoms with Crippen LogP contribution in [0.15, 0.2) is 60.7 Å². The first-order chi connectivity index (χ1) is 9.79. The van der Waals surface area contributed by atoms with Gasteiger partial charge in [0.1, 0.15) is 0 Å². The largest absolute Gasteiger partial charge is 0.396 e. The normalized spacial score (nSPS) is 13.9. The summed E-state index contributed by atoms with van der Waals surface area (Å²) in [4.78, 5) is 0. The van der Waals surface area contributed by atoms with Crippen LogP contribution in [0.1, 0.15) is 17.5 Å². The average Bonchev–Trinajstić information content (AvgIpc) is 2.52. The summed E-state index contributed by atoms with van der Waals surface area (Å²) < 4.78 is 0. The molecular formula is C18H22O2. The summed E-state index contributed by atoms with van der Waals surface area (Å²) in [5.74, 6) is -0.0962. The molecule has 0 amide bonds. The highest BCUT2D eigenvalue weighted by Crippen LogP contribution is 2.16. The molecule has 0 spiro atoms. The second-order valence-corrected chi connectivity index (χ2v) is 5.22. The molecule has 2 nitrogen and oxygen atoms in total. The van der Waals surface area contributed by atoms with Gasteiger partial charge in [-0.25, -0.2) is 0 Å². The fourth-order valence-corrected chi connectivity index (χ4v) is 2.43. The van der Waals surface area contributed by atoms with E-state index in [1.165, 1.54) is 5.56 Å². The predicted molar refractivity (Wildman–Crippen MR) is 81.5 cm³/mol. The van der Waals surface area contributed by atoms with E-state index in [0.717, 1.165) is 12.0 Å². The molecule has 0 unspecified atom stereocenters. The molecule has 0 heterocycles. The van der Waals surface area contributed by atoms with Gasteiger partial charge in [-0.2, -0.15) is 0 Å². The van der Waals surface area contributed by atoms with Crippen LogP contribution in [0.5, 0.6) is 0 Å². The molecule has 106 valence electrons. The predicted octanol–water partition coefficient (Wildman–Crippen LogP) is 2.83. The van der Waals surface area contributed by atoms with Crippen molar-refractivity contribution in [3.63, 3.8) is 0 Å². The number of aryl methyl sites for hydroxylation is 1. The quantitative estimate of drug-likeness (QED) is 0.812. The molecule has 20 heavy (non-hydrogen) atoms. The van der Waals surface area contributed by atoms with Crippen LogP contribution < -0.4 is 0 Å². The van der Waals surface area contributed by atoms with Gasteiger partial charge in [-0.1, -0.05) is 60.7 Å². The maximum absolute atomic E-state index is 10.3. The lowest BCUT2D eigenvalue weighted by Gasteiger charge is -2.21. The van der Waals surface area contributed by atoms with Gasteiger partial charge in [0.15, 0.2) is 0 Å². The van der Waals surface area contributed by atoms with Crippen LogP contribution in [0.2, 0.25) is 0 Å². The standard InChI is InChI=1S/C18H22O2/c19-14-17(13-16-9-5-2-6-10-16)18(20)12-11-15-7-3-1-4-8-15/h1-10,17-20H,11-14H2/t17-,18+/m1/s1. The molecule has 0 radical (unpaired) electrons. The van der Waals surface area contributed by atoms with Gasteiger partial charge in [0, 0.05) is 12.5 Å². The molecule has 0 fully saturated rings. The summed E-state index contributed by atoms with van der Waals surface area (Å²) in [7, 11) is 0. The third-order valence-corrected chi connectivity index (χ3v) is 3.69. The van der Waals surface area contributed by atoms with E-state index in [9.17, 15) is 10.2 Å². The van der Waals surface area contributed by atoms with Gasteiger partial charge in [0.25, 0.3) is 0 Å². The van der Waals surface area contributed by atoms with Crippen molar-refractivity contribution in [3.8, 4) is 0 Å². The number of rotatable bonds is 7. The highest BCUT2D eigenvalue weighted by molar-refractivity contribution is 5.16. The van der Waals surface area contributed by atoms with Crippen molar-refractivity contribution < 1.29 is 10.2 Å². The van der Waals surface area contributed by atoms with E-state index in [2.05, 4.69) is 12.1 Å². The summed E-state index contributed by atoms with van der Waals surface area (Å²) in [6.07, 6.45) is 1.77. The van der Waals surface area contributed by atoms with Crippen molar-refractivity contribution in [1.82, 2.24) is 0 Å². The van der Waals surface area contributed by atoms with E-state index in [-0.39, 0.29) is 12.5 Å². The molecular weight excluding hydrogens is 248 g/mol. The molecule has 0 aliphatic rings. The van der Waals surface area contributed by atoms with Gasteiger partial charge in [0.05, 0.1) is 6.10 Å². The van der Waals surface area contributed by atoms with Crippen LogP contribution >= 0.6 is 0 Å². The second-order valence-electron chi connectivity index (χ2n) is 5.22. The molecule has 0 bridgehead atoms. The first kappa shape index (κ1) is 14.8. The molecule has 2 heteroatoms. The number of aliphatic hydroxyl groups excluding tert-OH is 2. The van der Waals surface area contributed by atoms with Crippen LogP contribution in [0, 0.1) is 5.92 Å². The molecule has 2 aromatic rings. The minimum absolute atomic E-state index is 0.0187. The zero-order chi connectivity index (χ0) is 14.2. The molecule has 0 aliphatic heterocycles. The molecule has 2 atom stereocenters. The summed E-state index contributed by atoms with van der Waals surface area (Å²) in [6, 6.07) is 20.2. The van der Waals surface area contributed by atoms with Crippen LogP contribution in [0.3, 0.4) is 0 Å². The number of aliphatic hydroxyl groups is 2. The maximum atomic E-state index is 10.3. The van der Waals surface area contributed by atoms with Crippen LogP contribution in [0.4, 0.5) is 0 Å². The Labute approximate surface area is 120 Å². The minimum atomic E-state index is -0.472. The summed E-state index contributed by atoms with van der Waals surface area (Å²) in [5, 5.41) is 19.8. The minimum Gasteiger partial charge on any atom is -0.396 e. The molecule has 2 N–H and O–H groups in total. The van der Waals surface area contributed by atoms with E-state index in [1.807, 2.05) is 48.5 Å². The first-order valence-corrected chi connectivity index (χ1v) is 7.16. The fourth-order valence-electron chi connectivity index (χ4n) is 2.43. The third-order valence-electron chi connectivity index (χ3n) is 3.69. The van der Waals surface area contributed by atoms with Crippen molar-refractivity contribution in [3.05, 3.63) is 71.8 Å². The van der Waals surface area contributed by atoms with Crippen LogP contribution in [-0.4, -0.2) is 22.9 Å². The Bertz CT molecular complexity index is 481. The smallest absolute Gasteiger partial charge is 0.0596 e. The van der Waals surface area contributed by atoms with E-state index >= 15 is 0 Å². The second kappa shape index (κ2) is 7.83. The Kier molecular flexibility index (Phi) is 5.78. The Morgan fingerprint density at radius 3 is 1.90 bits per heavy atom. The molecule has 0 saturated carbocycles. The Morgan fingerprint density at radius 1 is 0.800 bits per heavy atom. The van der Waals surface area contributed by atoms with Gasteiger partial charge in [-0.05, 0) is 30.4 Å². The number of hydrogen-bond acceptors (Lipinski definition) is 2. The van der Waals surface area contributed by atoms with Crippen LogP contribution in [0.25, 0.3) is 0 Å². The molecule has 0 aromatic heterocycles. The molecule has 2 aromatic carbocycles. The lowest BCUT2D eigenvalue weighted by Crippen LogP contribution is -2.26. The Morgan fingerprint density at radius 2 is 1.35 bits per heavy atom. The summed E-state index contributed by atoms with van der Waals surface area (Å²) >= 11 is 0. The van der Waals surface area contributed by atoms with E-state index in [4.69, 9.17) is 0 Å². The van der Waals surface area contributed by atoms with Gasteiger partial charge in [-0.3, -0.25) is 0 Å². The summed E-state index contributed by atoms with van der Waals surface area (Å²) in [6.45, 7) is 0.0187. The monoisotopic (exact) mass is 270 g/mol. The van der Waals surface area contributed by atoms with Crippen molar-refractivity contribution in [1.29, 1.82) is 0 Å². The van der Waals surface area contributed by atoms with Gasteiger partial charge in [-0.15, -0.1) is 0 Å². The van der Waals surface area contributed by atoms with Gasteiger partial charge >= 0.3 is 0 Å². The highest BCUT2D eigenvalue weighted by Gasteiger charge is 2.18. The first-order valence-electron chi connectivity index (χ1n) is 7.16. The van der Waals surface area contributed by atoms with Crippen LogP contribution in [-0.2, 0) is 12.8 Å². The third kappa shape index (κ3) is 4.48. The fraction of sp³-hybridized carbons (Fsp3) is 0.333. The Balaban J connectivity index is 1.87. The SMILES string of the molecule is OC[C@@H](Cc1ccccc1)[C@@H](O)CCc1ccccc1. The summed E-state index contributed by atoms with van der Waals surface area (Å²) in [5.41, 5.74) is 2.38. The van der Waals surface area contributed by atoms with E-state index < -0.39 is 6.10 Å². The Hall–Kier alpha value is -1.64. The average molecular weight is 270 g/mol. The highest BCUT2D eigenvalue weighted by atomic mass is 16.3. The van der Waals surface area contributed by atoms with Crippen molar-refractivity contribution >= 4 is 0 Å². The maximum Gasteiger partial charge on any atom is 0.0596 e. The van der Waals surface area contributed by atoms with E-state index in [0.29, 0.717) is 12.8 Å². The lowest BCUT2D eigenvalue weighted by atomic mass is 9.91. The molecule has 0 saturated heterocycles. The number of hydrogen-bond donors (Lipinski definition) is 2. The van der Waals surface area contributed by atoms with E-state index in [1.54, 1.807) is 0 Å². The van der Waals surface area contributed by atoms with Crippen molar-refractivity contribution in [2.75, 3.05) is 6.61 Å².